The highest BCUT2D eigenvalue weighted by atomic mass is 32.2. The molecule has 1 atom stereocenters. The van der Waals surface area contributed by atoms with Crippen molar-refractivity contribution in [3.8, 4) is 5.75 Å². The monoisotopic (exact) mass is 426 g/mol. The molecule has 0 saturated carbocycles. The van der Waals surface area contributed by atoms with E-state index in [9.17, 15) is 8.42 Å². The molecule has 2 N–H and O–H groups in total. The molecule has 0 aromatic heterocycles. The minimum Gasteiger partial charge on any atom is -0.492 e. The summed E-state index contributed by atoms with van der Waals surface area (Å²) in [5, 5.41) is 6.50. The Bertz CT molecular complexity index is 718. The van der Waals surface area contributed by atoms with Crippen LogP contribution in [0.15, 0.2) is 29.3 Å². The number of guanidine groups is 1. The fourth-order valence-corrected chi connectivity index (χ4v) is 3.56. The van der Waals surface area contributed by atoms with Gasteiger partial charge in [0.05, 0.1) is 12.3 Å². The molecule has 7 nitrogen and oxygen atoms in total. The zero-order valence-corrected chi connectivity index (χ0v) is 19.4. The normalized spacial score (nSPS) is 13.4. The van der Waals surface area contributed by atoms with Crippen molar-refractivity contribution in [1.82, 2.24) is 15.5 Å². The van der Waals surface area contributed by atoms with Gasteiger partial charge in [0.1, 0.15) is 22.2 Å². The summed E-state index contributed by atoms with van der Waals surface area (Å²) >= 11 is 0. The van der Waals surface area contributed by atoms with Crippen LogP contribution >= 0.6 is 0 Å². The predicted molar refractivity (Wildman–Crippen MR) is 121 cm³/mol. The van der Waals surface area contributed by atoms with Gasteiger partial charge in [-0.25, -0.2) is 13.4 Å². The first-order valence-corrected chi connectivity index (χ1v) is 12.5. The lowest BCUT2D eigenvalue weighted by Gasteiger charge is -2.19. The van der Waals surface area contributed by atoms with Crippen molar-refractivity contribution >= 4 is 15.8 Å². The molecule has 8 heteroatoms. The summed E-state index contributed by atoms with van der Waals surface area (Å²) in [5.41, 5.74) is 1.02. The molecule has 0 aliphatic carbocycles. The van der Waals surface area contributed by atoms with E-state index in [-0.39, 0.29) is 11.8 Å². The molecule has 1 aromatic rings. The molecule has 0 bridgehead atoms. The predicted octanol–water partition coefficient (Wildman–Crippen LogP) is 2.29. The van der Waals surface area contributed by atoms with Gasteiger partial charge in [0.15, 0.2) is 5.96 Å². The molecule has 0 spiro atoms. The molecule has 0 saturated heterocycles. The summed E-state index contributed by atoms with van der Waals surface area (Å²) in [5.74, 6) is 1.68. The van der Waals surface area contributed by atoms with E-state index in [4.69, 9.17) is 4.74 Å². The zero-order valence-electron chi connectivity index (χ0n) is 18.6. The fraction of sp³-hybridized carbons (Fsp3) is 0.667. The van der Waals surface area contributed by atoms with Crippen molar-refractivity contribution in [3.05, 3.63) is 29.8 Å². The van der Waals surface area contributed by atoms with Gasteiger partial charge in [0, 0.05) is 31.0 Å². The van der Waals surface area contributed by atoms with E-state index < -0.39 is 9.84 Å². The Balaban J connectivity index is 2.71. The average Bonchev–Trinajstić information content (AvgIpc) is 2.68. The maximum absolute atomic E-state index is 11.4. The summed E-state index contributed by atoms with van der Waals surface area (Å²) in [7, 11) is -2.97. The second-order valence-corrected chi connectivity index (χ2v) is 9.40. The highest BCUT2D eigenvalue weighted by Crippen LogP contribution is 2.19. The Morgan fingerprint density at radius 1 is 1.21 bits per heavy atom. The first-order valence-electron chi connectivity index (χ1n) is 10.4. The SMILES string of the molecule is CCNC(=NCc1ccccc1OCCN(CC)CC)NC(C)CCS(C)(=O)=O. The van der Waals surface area contributed by atoms with Crippen molar-refractivity contribution in [2.24, 2.45) is 4.99 Å². The second-order valence-electron chi connectivity index (χ2n) is 7.14. The maximum Gasteiger partial charge on any atom is 0.191 e. The molecule has 1 rings (SSSR count). The van der Waals surface area contributed by atoms with Crippen LogP contribution in [0, 0.1) is 0 Å². The Labute approximate surface area is 176 Å². The van der Waals surface area contributed by atoms with E-state index in [0.717, 1.165) is 37.5 Å². The van der Waals surface area contributed by atoms with Crippen LogP contribution < -0.4 is 15.4 Å². The van der Waals surface area contributed by atoms with Crippen LogP contribution in [0.1, 0.15) is 39.7 Å². The molecule has 0 radical (unpaired) electrons. The van der Waals surface area contributed by atoms with E-state index in [2.05, 4.69) is 34.4 Å². The zero-order chi connectivity index (χ0) is 21.7. The van der Waals surface area contributed by atoms with E-state index in [1.807, 2.05) is 38.1 Å². The van der Waals surface area contributed by atoms with Crippen molar-refractivity contribution in [3.63, 3.8) is 0 Å². The van der Waals surface area contributed by atoms with Gasteiger partial charge in [-0.05, 0) is 39.4 Å². The number of aliphatic imine (C=N–C) groups is 1. The Kier molecular flexibility index (Phi) is 11.7. The molecule has 1 aromatic carbocycles. The molecular weight excluding hydrogens is 388 g/mol. The highest BCUT2D eigenvalue weighted by Gasteiger charge is 2.10. The number of likely N-dealkylation sites (N-methyl/N-ethyl adjacent to an activating group) is 1. The van der Waals surface area contributed by atoms with Gasteiger partial charge in [-0.2, -0.15) is 0 Å². The Morgan fingerprint density at radius 3 is 2.52 bits per heavy atom. The molecular formula is C21H38N4O3S. The second kappa shape index (κ2) is 13.4. The van der Waals surface area contributed by atoms with Crippen LogP contribution in [0.3, 0.4) is 0 Å². The third kappa shape index (κ3) is 11.1. The quantitative estimate of drug-likeness (QED) is 0.372. The van der Waals surface area contributed by atoms with E-state index in [1.165, 1.54) is 6.26 Å². The van der Waals surface area contributed by atoms with Crippen LogP contribution in [0.4, 0.5) is 0 Å². The lowest BCUT2D eigenvalue weighted by molar-refractivity contribution is 0.221. The summed E-state index contributed by atoms with van der Waals surface area (Å²) in [4.78, 5) is 6.98. The molecule has 1 unspecified atom stereocenters. The number of benzene rings is 1. The number of nitrogens with one attached hydrogen (secondary N) is 2. The molecule has 166 valence electrons. The number of ether oxygens (including phenoxy) is 1. The van der Waals surface area contributed by atoms with Crippen molar-refractivity contribution in [1.29, 1.82) is 0 Å². The topological polar surface area (TPSA) is 83.0 Å². The number of para-hydroxylation sites is 1. The van der Waals surface area contributed by atoms with Crippen LogP contribution in [0.25, 0.3) is 0 Å². The number of rotatable bonds is 13. The van der Waals surface area contributed by atoms with Crippen LogP contribution in [-0.2, 0) is 16.4 Å². The van der Waals surface area contributed by atoms with E-state index in [1.54, 1.807) is 0 Å². The molecule has 29 heavy (non-hydrogen) atoms. The minimum absolute atomic E-state index is 0.00286. The first-order chi connectivity index (χ1) is 13.8. The van der Waals surface area contributed by atoms with Gasteiger partial charge in [-0.15, -0.1) is 0 Å². The van der Waals surface area contributed by atoms with Gasteiger partial charge in [-0.3, -0.25) is 0 Å². The average molecular weight is 427 g/mol. The van der Waals surface area contributed by atoms with Gasteiger partial charge in [0.25, 0.3) is 0 Å². The largest absolute Gasteiger partial charge is 0.492 e. The number of sulfone groups is 1. The molecule has 0 fully saturated rings. The number of nitrogens with zero attached hydrogens (tertiary/aromatic N) is 2. The minimum atomic E-state index is -2.97. The van der Waals surface area contributed by atoms with Crippen molar-refractivity contribution < 1.29 is 13.2 Å². The smallest absolute Gasteiger partial charge is 0.191 e. The third-order valence-corrected chi connectivity index (χ3v) is 5.57. The van der Waals surface area contributed by atoms with E-state index >= 15 is 0 Å². The lowest BCUT2D eigenvalue weighted by Crippen LogP contribution is -2.42. The van der Waals surface area contributed by atoms with Gasteiger partial charge >= 0.3 is 0 Å². The van der Waals surface area contributed by atoms with Crippen LogP contribution in [-0.4, -0.2) is 70.1 Å². The van der Waals surface area contributed by atoms with Gasteiger partial charge in [-0.1, -0.05) is 32.0 Å². The summed E-state index contributed by atoms with van der Waals surface area (Å²) < 4.78 is 28.7. The highest BCUT2D eigenvalue weighted by molar-refractivity contribution is 7.90. The maximum atomic E-state index is 11.4. The van der Waals surface area contributed by atoms with E-state index in [0.29, 0.717) is 25.5 Å². The molecule has 0 amide bonds. The van der Waals surface area contributed by atoms with Crippen molar-refractivity contribution in [2.75, 3.05) is 44.8 Å². The van der Waals surface area contributed by atoms with Crippen LogP contribution in [0.2, 0.25) is 0 Å². The van der Waals surface area contributed by atoms with Crippen LogP contribution in [0.5, 0.6) is 5.75 Å². The summed E-state index contributed by atoms with van der Waals surface area (Å²) in [6, 6.07) is 7.95. The fourth-order valence-electron chi connectivity index (χ4n) is 2.78. The number of hydrogen-bond donors (Lipinski definition) is 2. The number of hydrogen-bond acceptors (Lipinski definition) is 5. The third-order valence-electron chi connectivity index (χ3n) is 4.59. The lowest BCUT2D eigenvalue weighted by atomic mass is 10.2. The molecule has 0 aliphatic rings. The Morgan fingerprint density at radius 2 is 1.90 bits per heavy atom. The van der Waals surface area contributed by atoms with Gasteiger partial charge < -0.3 is 20.3 Å². The van der Waals surface area contributed by atoms with Gasteiger partial charge in [0.2, 0.25) is 0 Å². The molecule has 0 heterocycles. The van der Waals surface area contributed by atoms with Crippen molar-refractivity contribution in [2.45, 2.75) is 46.7 Å². The Hall–Kier alpha value is -1.80. The standard InChI is InChI=1S/C21H38N4O3S/c1-6-22-21(24-18(4)13-16-29(5,26)27)23-17-19-11-9-10-12-20(19)28-15-14-25(7-2)8-3/h9-12,18H,6-8,13-17H2,1-5H3,(H2,22,23,24). The first kappa shape index (κ1) is 25.2. The summed E-state index contributed by atoms with van der Waals surface area (Å²) in [6.07, 6.45) is 1.80. The summed E-state index contributed by atoms with van der Waals surface area (Å²) in [6.45, 7) is 13.0. The molecule has 0 aliphatic heterocycles.